The first kappa shape index (κ1) is 19.2. The summed E-state index contributed by atoms with van der Waals surface area (Å²) in [6.07, 6.45) is 18.9. The average molecular weight is 349 g/mol. The van der Waals surface area contributed by atoms with E-state index >= 15 is 0 Å². The van der Waals surface area contributed by atoms with Gasteiger partial charge in [0, 0.05) is 6.42 Å². The third kappa shape index (κ3) is 5.23. The maximum Gasteiger partial charge on any atom is 0.305 e. The van der Waals surface area contributed by atoms with Crippen LogP contribution in [0.2, 0.25) is 0 Å². The van der Waals surface area contributed by atoms with E-state index in [1.165, 1.54) is 70.6 Å². The van der Waals surface area contributed by atoms with E-state index in [0.717, 1.165) is 42.4 Å². The van der Waals surface area contributed by atoms with Crippen molar-refractivity contribution in [3.05, 3.63) is 0 Å². The molecule has 0 amide bonds. The standard InChI is InChI=1S/C23H40O2/c1-3-17-5-7-18(8-6-17)19-9-11-20(12-10-19)21-13-15-22(16-14-21)25-23(24)4-2/h17-22H,3-16H2,1-2H3. The summed E-state index contributed by atoms with van der Waals surface area (Å²) in [5.41, 5.74) is 0. The Morgan fingerprint density at radius 3 is 1.48 bits per heavy atom. The first-order chi connectivity index (χ1) is 12.2. The normalized spacial score (nSPS) is 39.8. The maximum absolute atomic E-state index is 11.5. The summed E-state index contributed by atoms with van der Waals surface area (Å²) in [4.78, 5) is 11.5. The van der Waals surface area contributed by atoms with Crippen molar-refractivity contribution in [2.24, 2.45) is 29.6 Å². The fourth-order valence-corrected chi connectivity index (χ4v) is 6.10. The molecule has 0 heterocycles. The number of hydrogen-bond donors (Lipinski definition) is 0. The number of esters is 1. The van der Waals surface area contributed by atoms with Crippen molar-refractivity contribution < 1.29 is 9.53 Å². The molecular formula is C23H40O2. The zero-order valence-electron chi connectivity index (χ0n) is 16.7. The number of hydrogen-bond acceptors (Lipinski definition) is 2. The van der Waals surface area contributed by atoms with Crippen LogP contribution in [0, 0.1) is 29.6 Å². The van der Waals surface area contributed by atoms with E-state index < -0.39 is 0 Å². The summed E-state index contributed by atoms with van der Waals surface area (Å²) >= 11 is 0. The summed E-state index contributed by atoms with van der Waals surface area (Å²) in [7, 11) is 0. The summed E-state index contributed by atoms with van der Waals surface area (Å²) in [6.45, 7) is 4.26. The second-order valence-electron chi connectivity index (χ2n) is 9.24. The van der Waals surface area contributed by atoms with Gasteiger partial charge in [-0.3, -0.25) is 4.79 Å². The van der Waals surface area contributed by atoms with Crippen LogP contribution in [-0.2, 0) is 9.53 Å². The predicted octanol–water partition coefficient (Wildman–Crippen LogP) is 6.52. The van der Waals surface area contributed by atoms with Crippen molar-refractivity contribution in [1.82, 2.24) is 0 Å². The largest absolute Gasteiger partial charge is 0.462 e. The summed E-state index contributed by atoms with van der Waals surface area (Å²) in [6, 6.07) is 0. The minimum atomic E-state index is -0.0123. The number of carbonyl (C=O) groups is 1. The zero-order valence-corrected chi connectivity index (χ0v) is 16.7. The molecule has 2 heteroatoms. The smallest absolute Gasteiger partial charge is 0.305 e. The highest BCUT2D eigenvalue weighted by atomic mass is 16.5. The minimum absolute atomic E-state index is 0.0123. The molecular weight excluding hydrogens is 308 g/mol. The molecule has 0 bridgehead atoms. The van der Waals surface area contributed by atoms with Crippen molar-refractivity contribution in [2.45, 2.75) is 110 Å². The predicted molar refractivity (Wildman–Crippen MR) is 103 cm³/mol. The van der Waals surface area contributed by atoms with E-state index in [-0.39, 0.29) is 12.1 Å². The van der Waals surface area contributed by atoms with Crippen LogP contribution in [0.25, 0.3) is 0 Å². The third-order valence-corrected chi connectivity index (χ3v) is 7.92. The van der Waals surface area contributed by atoms with E-state index in [1.54, 1.807) is 0 Å². The highest BCUT2D eigenvalue weighted by molar-refractivity contribution is 5.69. The van der Waals surface area contributed by atoms with Gasteiger partial charge in [-0.05, 0) is 93.8 Å². The number of carbonyl (C=O) groups excluding carboxylic acids is 1. The SMILES string of the molecule is CCC(=O)OC1CCC(C2CCC(C3CCC(CC)CC3)CC2)CC1. The Labute approximate surface area is 155 Å². The second kappa shape index (κ2) is 9.42. The van der Waals surface area contributed by atoms with E-state index in [1.807, 2.05) is 6.92 Å². The molecule has 0 N–H and O–H groups in total. The summed E-state index contributed by atoms with van der Waals surface area (Å²) < 4.78 is 5.55. The Morgan fingerprint density at radius 2 is 1.08 bits per heavy atom. The van der Waals surface area contributed by atoms with Crippen molar-refractivity contribution in [3.8, 4) is 0 Å². The first-order valence-electron chi connectivity index (χ1n) is 11.4. The van der Waals surface area contributed by atoms with Gasteiger partial charge in [0.15, 0.2) is 0 Å². The topological polar surface area (TPSA) is 26.3 Å². The van der Waals surface area contributed by atoms with Crippen LogP contribution >= 0.6 is 0 Å². The molecule has 0 spiro atoms. The molecule has 3 saturated carbocycles. The van der Waals surface area contributed by atoms with Crippen LogP contribution in [0.15, 0.2) is 0 Å². The van der Waals surface area contributed by atoms with Gasteiger partial charge in [0.05, 0.1) is 0 Å². The molecule has 144 valence electrons. The van der Waals surface area contributed by atoms with Gasteiger partial charge in [0.2, 0.25) is 0 Å². The fourth-order valence-electron chi connectivity index (χ4n) is 6.10. The lowest BCUT2D eigenvalue weighted by Gasteiger charge is -2.41. The Balaban J connectivity index is 1.36. The zero-order chi connectivity index (χ0) is 17.6. The van der Waals surface area contributed by atoms with Gasteiger partial charge in [-0.2, -0.15) is 0 Å². The number of rotatable bonds is 5. The van der Waals surface area contributed by atoms with Gasteiger partial charge < -0.3 is 4.74 Å². The molecule has 0 saturated heterocycles. The molecule has 3 aliphatic rings. The Morgan fingerprint density at radius 1 is 0.680 bits per heavy atom. The van der Waals surface area contributed by atoms with Crippen LogP contribution in [0.1, 0.15) is 104 Å². The Bertz CT molecular complexity index is 394. The maximum atomic E-state index is 11.5. The lowest BCUT2D eigenvalue weighted by Crippen LogP contribution is -2.31. The van der Waals surface area contributed by atoms with Gasteiger partial charge in [-0.25, -0.2) is 0 Å². The van der Waals surface area contributed by atoms with Gasteiger partial charge >= 0.3 is 5.97 Å². The van der Waals surface area contributed by atoms with Crippen molar-refractivity contribution in [1.29, 1.82) is 0 Å². The van der Waals surface area contributed by atoms with E-state index in [2.05, 4.69) is 6.92 Å². The van der Waals surface area contributed by atoms with Crippen LogP contribution in [0.4, 0.5) is 0 Å². The summed E-state index contributed by atoms with van der Waals surface area (Å²) in [5.74, 6) is 4.98. The molecule has 0 atom stereocenters. The van der Waals surface area contributed by atoms with Crippen LogP contribution in [-0.4, -0.2) is 12.1 Å². The van der Waals surface area contributed by atoms with Crippen LogP contribution in [0.3, 0.4) is 0 Å². The molecule has 3 aliphatic carbocycles. The first-order valence-corrected chi connectivity index (χ1v) is 11.4. The molecule has 0 unspecified atom stereocenters. The van der Waals surface area contributed by atoms with Crippen molar-refractivity contribution >= 4 is 5.97 Å². The molecule has 0 aromatic rings. The van der Waals surface area contributed by atoms with Gasteiger partial charge in [0.25, 0.3) is 0 Å². The fraction of sp³-hybridized carbons (Fsp3) is 0.957. The lowest BCUT2D eigenvalue weighted by molar-refractivity contribution is -0.150. The number of ether oxygens (including phenoxy) is 1. The van der Waals surface area contributed by atoms with Gasteiger partial charge in [0.1, 0.15) is 6.10 Å². The van der Waals surface area contributed by atoms with Crippen LogP contribution in [0.5, 0.6) is 0 Å². The molecule has 25 heavy (non-hydrogen) atoms. The van der Waals surface area contributed by atoms with Gasteiger partial charge in [-0.1, -0.05) is 33.1 Å². The Kier molecular flexibility index (Phi) is 7.25. The third-order valence-electron chi connectivity index (χ3n) is 7.92. The van der Waals surface area contributed by atoms with E-state index in [9.17, 15) is 4.79 Å². The van der Waals surface area contributed by atoms with Crippen molar-refractivity contribution in [3.63, 3.8) is 0 Å². The lowest BCUT2D eigenvalue weighted by atomic mass is 9.65. The van der Waals surface area contributed by atoms with Crippen LogP contribution < -0.4 is 0 Å². The monoisotopic (exact) mass is 348 g/mol. The highest BCUT2D eigenvalue weighted by Gasteiger charge is 2.34. The molecule has 3 fully saturated rings. The van der Waals surface area contributed by atoms with E-state index in [0.29, 0.717) is 6.42 Å². The van der Waals surface area contributed by atoms with Gasteiger partial charge in [-0.15, -0.1) is 0 Å². The Hall–Kier alpha value is -0.530. The average Bonchev–Trinajstić information content (AvgIpc) is 2.69. The molecule has 2 nitrogen and oxygen atoms in total. The molecule has 0 aromatic heterocycles. The quantitative estimate of drug-likeness (QED) is 0.529. The summed E-state index contributed by atoms with van der Waals surface area (Å²) in [5, 5.41) is 0. The second-order valence-corrected chi connectivity index (χ2v) is 9.24. The minimum Gasteiger partial charge on any atom is -0.462 e. The highest BCUT2D eigenvalue weighted by Crippen LogP contribution is 2.45. The van der Waals surface area contributed by atoms with Crippen molar-refractivity contribution in [2.75, 3.05) is 0 Å². The van der Waals surface area contributed by atoms with E-state index in [4.69, 9.17) is 4.74 Å². The molecule has 0 aliphatic heterocycles. The molecule has 0 radical (unpaired) electrons. The molecule has 0 aromatic carbocycles. The molecule has 3 rings (SSSR count).